The highest BCUT2D eigenvalue weighted by Gasteiger charge is 2.31. The molecular weight excluding hydrogens is 556 g/mol. The molecule has 0 fully saturated rings. The number of nitro groups is 1. The quantitative estimate of drug-likeness (QED) is 0.141. The van der Waals surface area contributed by atoms with Gasteiger partial charge in [0.05, 0.1) is 36.7 Å². The van der Waals surface area contributed by atoms with Crippen molar-refractivity contribution in [3.05, 3.63) is 69.4 Å². The molecule has 2 heterocycles. The summed E-state index contributed by atoms with van der Waals surface area (Å²) in [7, 11) is 0.0574. The summed E-state index contributed by atoms with van der Waals surface area (Å²) in [6.45, 7) is 6.82. The Kier molecular flexibility index (Phi) is 9.04. The number of urea groups is 1. The normalized spacial score (nSPS) is 13.7. The third kappa shape index (κ3) is 7.07. The maximum atomic E-state index is 15.4. The first-order valence-electron chi connectivity index (χ1n) is 13.1. The van der Waals surface area contributed by atoms with Crippen molar-refractivity contribution in [1.29, 1.82) is 0 Å². The number of aliphatic hydroxyl groups is 1. The van der Waals surface area contributed by atoms with Crippen molar-refractivity contribution in [2.24, 2.45) is 0 Å². The molecule has 3 aromatic rings. The Morgan fingerprint density at radius 3 is 2.63 bits per heavy atom. The van der Waals surface area contributed by atoms with E-state index in [1.165, 1.54) is 47.2 Å². The zero-order valence-electron chi connectivity index (χ0n) is 23.3. The van der Waals surface area contributed by atoms with Crippen LogP contribution >= 0.6 is 0 Å². The Bertz CT molecular complexity index is 1440. The number of aromatic nitrogens is 2. The molecule has 0 saturated carbocycles. The van der Waals surface area contributed by atoms with E-state index in [-0.39, 0.29) is 30.2 Å². The summed E-state index contributed by atoms with van der Waals surface area (Å²) < 4.78 is 41.4. The van der Waals surface area contributed by atoms with Gasteiger partial charge in [-0.2, -0.15) is 4.68 Å². The smallest absolute Gasteiger partial charge is 0.398 e. The molecule has 0 bridgehead atoms. The molecule has 11 nitrogen and oxygen atoms in total. The SMILES string of the molecule is COc1cc(F)cc(C(CO)NC(=O)N2CCc3cc(-c4cn(COCC[Si](C)(C)C)nc4[N+](=O)[O-])c(F)cc32)c1. The van der Waals surface area contributed by atoms with Crippen molar-refractivity contribution in [1.82, 2.24) is 15.1 Å². The fourth-order valence-corrected chi connectivity index (χ4v) is 5.29. The molecule has 0 radical (unpaired) electrons. The van der Waals surface area contributed by atoms with Crippen molar-refractivity contribution in [2.75, 3.05) is 31.8 Å². The maximum absolute atomic E-state index is 15.4. The van der Waals surface area contributed by atoms with Crippen LogP contribution in [0, 0.1) is 21.7 Å². The van der Waals surface area contributed by atoms with Crippen LogP contribution in [0.5, 0.6) is 5.75 Å². The predicted molar refractivity (Wildman–Crippen MR) is 151 cm³/mol. The largest absolute Gasteiger partial charge is 0.497 e. The second kappa shape index (κ2) is 12.3. The lowest BCUT2D eigenvalue weighted by molar-refractivity contribution is -0.389. The van der Waals surface area contributed by atoms with Gasteiger partial charge in [-0.15, -0.1) is 0 Å². The van der Waals surface area contributed by atoms with Crippen molar-refractivity contribution in [3.8, 4) is 16.9 Å². The second-order valence-corrected chi connectivity index (χ2v) is 16.6. The van der Waals surface area contributed by atoms with Gasteiger partial charge in [0.15, 0.2) is 6.73 Å². The van der Waals surface area contributed by atoms with E-state index in [0.717, 1.165) is 12.1 Å². The number of halogens is 2. The van der Waals surface area contributed by atoms with Crippen LogP contribution in [-0.2, 0) is 17.9 Å². The Morgan fingerprint density at radius 1 is 1.22 bits per heavy atom. The Hall–Kier alpha value is -3.88. The molecule has 0 aliphatic carbocycles. The first-order valence-corrected chi connectivity index (χ1v) is 16.8. The summed E-state index contributed by atoms with van der Waals surface area (Å²) >= 11 is 0. The number of hydrogen-bond donors (Lipinski definition) is 2. The minimum absolute atomic E-state index is 0.00492. The minimum atomic E-state index is -1.32. The summed E-state index contributed by atoms with van der Waals surface area (Å²) in [6.07, 6.45) is 1.76. The number of hydrogen-bond acceptors (Lipinski definition) is 7. The van der Waals surface area contributed by atoms with Crippen LogP contribution < -0.4 is 15.0 Å². The molecule has 2 N–H and O–H groups in total. The zero-order valence-corrected chi connectivity index (χ0v) is 24.3. The highest BCUT2D eigenvalue weighted by molar-refractivity contribution is 6.76. The molecule has 1 aromatic heterocycles. The van der Waals surface area contributed by atoms with Crippen LogP contribution in [0.15, 0.2) is 36.5 Å². The standard InChI is InChI=1S/C27H33F2N5O6Si/c1-39-20-10-18(9-19(28)12-20)24(15-35)30-27(36)33-6-5-17-11-21(23(29)13-25(17)33)22-14-32(31-26(22)34(37)38)16-40-7-8-41(2,3)4/h9-14,24,35H,5-8,15-16H2,1-4H3,(H,30,36). The second-order valence-electron chi connectivity index (χ2n) is 11.0. The van der Waals surface area contributed by atoms with Gasteiger partial charge in [-0.3, -0.25) is 4.90 Å². The summed E-state index contributed by atoms with van der Waals surface area (Å²) in [6, 6.07) is 5.85. The van der Waals surface area contributed by atoms with E-state index < -0.39 is 49.1 Å². The minimum Gasteiger partial charge on any atom is -0.497 e. The summed E-state index contributed by atoms with van der Waals surface area (Å²) in [5.41, 5.74) is 1.20. The summed E-state index contributed by atoms with van der Waals surface area (Å²) in [5.74, 6) is -1.63. The van der Waals surface area contributed by atoms with Gasteiger partial charge in [0.25, 0.3) is 0 Å². The molecule has 0 spiro atoms. The third-order valence-electron chi connectivity index (χ3n) is 6.75. The number of nitrogens with one attached hydrogen (secondary N) is 1. The number of carbonyl (C=O) groups excluding carboxylic acids is 1. The number of methoxy groups -OCH3 is 1. The fourth-order valence-electron chi connectivity index (χ4n) is 4.53. The van der Waals surface area contributed by atoms with Crippen LogP contribution in [-0.4, -0.2) is 60.8 Å². The predicted octanol–water partition coefficient (Wildman–Crippen LogP) is 4.86. The van der Waals surface area contributed by atoms with Gasteiger partial charge in [-0.25, -0.2) is 13.6 Å². The molecule has 41 heavy (non-hydrogen) atoms. The number of nitrogens with zero attached hydrogens (tertiary/aromatic N) is 4. The monoisotopic (exact) mass is 589 g/mol. The highest BCUT2D eigenvalue weighted by Crippen LogP contribution is 2.38. The number of rotatable bonds is 11. The molecule has 2 amide bonds. The number of amides is 2. The number of aliphatic hydroxyl groups excluding tert-OH is 1. The van der Waals surface area contributed by atoms with Gasteiger partial charge in [-0.05, 0) is 52.8 Å². The highest BCUT2D eigenvalue weighted by atomic mass is 28.3. The maximum Gasteiger partial charge on any atom is 0.398 e. The van der Waals surface area contributed by atoms with Crippen molar-refractivity contribution < 1.29 is 33.1 Å². The average molecular weight is 590 g/mol. The van der Waals surface area contributed by atoms with Crippen LogP contribution in [0.2, 0.25) is 25.7 Å². The first-order chi connectivity index (χ1) is 19.4. The molecule has 1 unspecified atom stereocenters. The number of ether oxygens (including phenoxy) is 2. The van der Waals surface area contributed by atoms with E-state index in [9.17, 15) is 24.4 Å². The van der Waals surface area contributed by atoms with E-state index in [1.54, 1.807) is 0 Å². The molecule has 0 saturated heterocycles. The van der Waals surface area contributed by atoms with Gasteiger partial charge in [0, 0.05) is 32.9 Å². The van der Waals surface area contributed by atoms with Gasteiger partial charge < -0.3 is 30.0 Å². The number of anilines is 1. The lowest BCUT2D eigenvalue weighted by Crippen LogP contribution is -2.42. The number of carbonyl (C=O) groups is 1. The van der Waals surface area contributed by atoms with Gasteiger partial charge in [-0.1, -0.05) is 19.6 Å². The van der Waals surface area contributed by atoms with E-state index in [4.69, 9.17) is 9.47 Å². The van der Waals surface area contributed by atoms with Gasteiger partial charge >= 0.3 is 11.8 Å². The topological polar surface area (TPSA) is 132 Å². The molecule has 14 heteroatoms. The molecule has 1 atom stereocenters. The van der Waals surface area contributed by atoms with Crippen LogP contribution in [0.4, 0.5) is 25.1 Å². The van der Waals surface area contributed by atoms with Crippen molar-refractivity contribution in [3.63, 3.8) is 0 Å². The first kappa shape index (κ1) is 30.1. The van der Waals surface area contributed by atoms with Gasteiger partial charge in [0.2, 0.25) is 0 Å². The summed E-state index contributed by atoms with van der Waals surface area (Å²) in [5, 5.41) is 28.2. The lowest BCUT2D eigenvalue weighted by Gasteiger charge is -2.23. The third-order valence-corrected chi connectivity index (χ3v) is 8.45. The Balaban J connectivity index is 1.54. The Morgan fingerprint density at radius 2 is 1.98 bits per heavy atom. The average Bonchev–Trinajstić information content (AvgIpc) is 3.52. The molecule has 2 aromatic carbocycles. The fraction of sp³-hybridized carbons (Fsp3) is 0.407. The van der Waals surface area contributed by atoms with Crippen LogP contribution in [0.3, 0.4) is 0 Å². The number of fused-ring (bicyclic) bond motifs is 1. The molecule has 4 rings (SSSR count). The van der Waals surface area contributed by atoms with Gasteiger partial charge in [0.1, 0.15) is 22.9 Å². The number of benzene rings is 2. The Labute approximate surface area is 236 Å². The molecule has 220 valence electrons. The molecular formula is C27H33F2N5O6Si. The molecule has 1 aliphatic rings. The van der Waals surface area contributed by atoms with E-state index in [1.807, 2.05) is 0 Å². The summed E-state index contributed by atoms with van der Waals surface area (Å²) in [4.78, 5) is 25.5. The van der Waals surface area contributed by atoms with Crippen molar-refractivity contribution >= 4 is 25.6 Å². The van der Waals surface area contributed by atoms with E-state index in [2.05, 4.69) is 30.1 Å². The van der Waals surface area contributed by atoms with Crippen LogP contribution in [0.25, 0.3) is 11.1 Å². The van der Waals surface area contributed by atoms with E-state index in [0.29, 0.717) is 29.8 Å². The van der Waals surface area contributed by atoms with E-state index >= 15 is 4.39 Å². The lowest BCUT2D eigenvalue weighted by atomic mass is 10.0. The zero-order chi connectivity index (χ0) is 29.9. The molecule has 1 aliphatic heterocycles. The van der Waals surface area contributed by atoms with Crippen LogP contribution in [0.1, 0.15) is 17.2 Å². The van der Waals surface area contributed by atoms with Crippen molar-refractivity contribution in [2.45, 2.75) is 44.9 Å².